The number of hydrogen-bond donors (Lipinski definition) is 2. The van der Waals surface area contributed by atoms with Crippen LogP contribution in [0.5, 0.6) is 0 Å². The number of rotatable bonds is 5. The fourth-order valence-corrected chi connectivity index (χ4v) is 2.21. The Balaban J connectivity index is 2.00. The zero-order valence-corrected chi connectivity index (χ0v) is 12.2. The Kier molecular flexibility index (Phi) is 5.08. The molecule has 116 valence electrons. The van der Waals surface area contributed by atoms with Crippen LogP contribution in [0.25, 0.3) is 0 Å². The highest BCUT2D eigenvalue weighted by molar-refractivity contribution is 5.92. The second-order valence-electron chi connectivity index (χ2n) is 5.30. The first-order chi connectivity index (χ1) is 10.0. The average molecular weight is 295 g/mol. The Morgan fingerprint density at radius 2 is 2.19 bits per heavy atom. The number of hydrogen-bond acceptors (Lipinski definition) is 5. The van der Waals surface area contributed by atoms with Crippen LogP contribution < -0.4 is 10.9 Å². The van der Waals surface area contributed by atoms with Crippen molar-refractivity contribution < 1.29 is 14.6 Å². The van der Waals surface area contributed by atoms with Gasteiger partial charge in [-0.3, -0.25) is 9.59 Å². The molecule has 1 aromatic rings. The first-order valence-corrected chi connectivity index (χ1v) is 7.20. The largest absolute Gasteiger partial charge is 0.388 e. The van der Waals surface area contributed by atoms with Crippen LogP contribution in [0.4, 0.5) is 0 Å². The fourth-order valence-electron chi connectivity index (χ4n) is 2.21. The quantitative estimate of drug-likeness (QED) is 0.793. The van der Waals surface area contributed by atoms with Gasteiger partial charge in [0.15, 0.2) is 0 Å². The summed E-state index contributed by atoms with van der Waals surface area (Å²) in [5.74, 6) is -0.389. The molecule has 1 fully saturated rings. The molecule has 0 radical (unpaired) electrons. The molecule has 2 rings (SSSR count). The van der Waals surface area contributed by atoms with E-state index in [0.717, 1.165) is 6.42 Å². The third-order valence-corrected chi connectivity index (χ3v) is 3.54. The van der Waals surface area contributed by atoms with Crippen LogP contribution in [-0.4, -0.2) is 46.2 Å². The van der Waals surface area contributed by atoms with Gasteiger partial charge in [0.2, 0.25) is 0 Å². The SMILES string of the molecule is CCCn1nc(C(=O)NCC2(O)CCOCC2)ccc1=O. The molecule has 0 saturated carbocycles. The Morgan fingerprint density at radius 3 is 2.86 bits per heavy atom. The highest BCUT2D eigenvalue weighted by Gasteiger charge is 2.30. The van der Waals surface area contributed by atoms with Crippen molar-refractivity contribution in [3.8, 4) is 0 Å². The van der Waals surface area contributed by atoms with Gasteiger partial charge in [-0.15, -0.1) is 0 Å². The second kappa shape index (κ2) is 6.82. The molecule has 1 saturated heterocycles. The first-order valence-electron chi connectivity index (χ1n) is 7.20. The van der Waals surface area contributed by atoms with Crippen molar-refractivity contribution in [3.05, 3.63) is 28.2 Å². The molecule has 0 aromatic carbocycles. The lowest BCUT2D eigenvalue weighted by Crippen LogP contribution is -2.47. The summed E-state index contributed by atoms with van der Waals surface area (Å²) in [4.78, 5) is 23.6. The highest BCUT2D eigenvalue weighted by Crippen LogP contribution is 2.19. The van der Waals surface area contributed by atoms with Crippen LogP contribution >= 0.6 is 0 Å². The summed E-state index contributed by atoms with van der Waals surface area (Å²) in [6.07, 6.45) is 1.75. The summed E-state index contributed by atoms with van der Waals surface area (Å²) >= 11 is 0. The van der Waals surface area contributed by atoms with Crippen molar-refractivity contribution in [1.82, 2.24) is 15.1 Å². The molecule has 0 unspecified atom stereocenters. The fraction of sp³-hybridized carbons (Fsp3) is 0.643. The topological polar surface area (TPSA) is 93.5 Å². The standard InChI is InChI=1S/C14H21N3O4/c1-2-7-17-12(18)4-3-11(16-17)13(19)15-10-14(20)5-8-21-9-6-14/h3-4,20H,2,5-10H2,1H3,(H,15,19). The number of aryl methyl sites for hydroxylation is 1. The Morgan fingerprint density at radius 1 is 1.48 bits per heavy atom. The van der Waals surface area contributed by atoms with Gasteiger partial charge in [0.25, 0.3) is 11.5 Å². The molecule has 7 nitrogen and oxygen atoms in total. The van der Waals surface area contributed by atoms with Gasteiger partial charge in [0.05, 0.1) is 5.60 Å². The van der Waals surface area contributed by atoms with Gasteiger partial charge in [-0.2, -0.15) is 5.10 Å². The minimum absolute atomic E-state index is 0.157. The zero-order valence-electron chi connectivity index (χ0n) is 12.2. The number of aliphatic hydroxyl groups is 1. The number of carbonyl (C=O) groups excluding carboxylic acids is 1. The summed E-state index contributed by atoms with van der Waals surface area (Å²) in [6, 6.07) is 2.73. The minimum Gasteiger partial charge on any atom is -0.388 e. The minimum atomic E-state index is -0.925. The molecule has 1 aliphatic heterocycles. The monoisotopic (exact) mass is 295 g/mol. The van der Waals surface area contributed by atoms with Crippen molar-refractivity contribution in [2.45, 2.75) is 38.3 Å². The molecule has 1 aliphatic rings. The summed E-state index contributed by atoms with van der Waals surface area (Å²) in [7, 11) is 0. The summed E-state index contributed by atoms with van der Waals surface area (Å²) < 4.78 is 6.46. The molecule has 2 N–H and O–H groups in total. The molecule has 1 amide bonds. The number of aromatic nitrogens is 2. The van der Waals surface area contributed by atoms with Crippen LogP contribution in [0.1, 0.15) is 36.7 Å². The van der Waals surface area contributed by atoms with Gasteiger partial charge in [-0.1, -0.05) is 6.92 Å². The van der Waals surface area contributed by atoms with Gasteiger partial charge in [-0.25, -0.2) is 4.68 Å². The molecule has 2 heterocycles. The molecule has 7 heteroatoms. The van der Waals surface area contributed by atoms with E-state index in [-0.39, 0.29) is 23.7 Å². The van der Waals surface area contributed by atoms with Gasteiger partial charge in [-0.05, 0) is 12.5 Å². The molecule has 21 heavy (non-hydrogen) atoms. The van der Waals surface area contributed by atoms with E-state index in [1.54, 1.807) is 0 Å². The summed E-state index contributed by atoms with van der Waals surface area (Å²) in [6.45, 7) is 3.55. The van der Waals surface area contributed by atoms with Gasteiger partial charge >= 0.3 is 0 Å². The Labute approximate surface area is 122 Å². The zero-order chi connectivity index (χ0) is 15.3. The molecule has 0 atom stereocenters. The van der Waals surface area contributed by atoms with Crippen LogP contribution in [0.15, 0.2) is 16.9 Å². The van der Waals surface area contributed by atoms with Crippen molar-refractivity contribution in [3.63, 3.8) is 0 Å². The van der Waals surface area contributed by atoms with Crippen LogP contribution in [-0.2, 0) is 11.3 Å². The van der Waals surface area contributed by atoms with E-state index in [0.29, 0.717) is 32.6 Å². The van der Waals surface area contributed by atoms with Crippen molar-refractivity contribution in [2.75, 3.05) is 19.8 Å². The number of carbonyl (C=O) groups is 1. The second-order valence-corrected chi connectivity index (χ2v) is 5.30. The molecule has 0 bridgehead atoms. The third kappa shape index (κ3) is 4.12. The molecule has 1 aromatic heterocycles. The van der Waals surface area contributed by atoms with Gasteiger partial charge < -0.3 is 15.2 Å². The van der Waals surface area contributed by atoms with Crippen LogP contribution in [0, 0.1) is 0 Å². The number of nitrogens with zero attached hydrogens (tertiary/aromatic N) is 2. The lowest BCUT2D eigenvalue weighted by molar-refractivity contribution is -0.0605. The van der Waals surface area contributed by atoms with E-state index >= 15 is 0 Å². The van der Waals surface area contributed by atoms with E-state index in [9.17, 15) is 14.7 Å². The van der Waals surface area contributed by atoms with Gasteiger partial charge in [0.1, 0.15) is 5.69 Å². The van der Waals surface area contributed by atoms with E-state index in [1.807, 2.05) is 6.92 Å². The van der Waals surface area contributed by atoms with E-state index < -0.39 is 5.60 Å². The van der Waals surface area contributed by atoms with E-state index in [4.69, 9.17) is 4.74 Å². The number of ether oxygens (including phenoxy) is 1. The van der Waals surface area contributed by atoms with Crippen molar-refractivity contribution in [1.29, 1.82) is 0 Å². The van der Waals surface area contributed by atoms with E-state index in [1.165, 1.54) is 16.8 Å². The molecular formula is C14H21N3O4. The van der Waals surface area contributed by atoms with Gasteiger partial charge in [0, 0.05) is 45.2 Å². The highest BCUT2D eigenvalue weighted by atomic mass is 16.5. The number of nitrogens with one attached hydrogen (secondary N) is 1. The average Bonchev–Trinajstić information content (AvgIpc) is 2.48. The normalized spacial score (nSPS) is 17.4. The predicted molar refractivity (Wildman–Crippen MR) is 76.1 cm³/mol. The third-order valence-electron chi connectivity index (χ3n) is 3.54. The van der Waals surface area contributed by atoms with E-state index in [2.05, 4.69) is 10.4 Å². The molecule has 0 aliphatic carbocycles. The lowest BCUT2D eigenvalue weighted by atomic mass is 9.94. The summed E-state index contributed by atoms with van der Waals surface area (Å²) in [5.41, 5.74) is -0.971. The predicted octanol–water partition coefficient (Wildman–Crippen LogP) is -0.0754. The number of amides is 1. The maximum atomic E-state index is 12.1. The summed E-state index contributed by atoms with van der Waals surface area (Å²) in [5, 5.41) is 17.0. The first kappa shape index (κ1) is 15.7. The Hall–Kier alpha value is -1.73. The molecule has 0 spiro atoms. The molecular weight excluding hydrogens is 274 g/mol. The maximum Gasteiger partial charge on any atom is 0.271 e. The van der Waals surface area contributed by atoms with Crippen LogP contribution in [0.3, 0.4) is 0 Å². The van der Waals surface area contributed by atoms with Crippen molar-refractivity contribution >= 4 is 5.91 Å². The van der Waals surface area contributed by atoms with Crippen molar-refractivity contribution in [2.24, 2.45) is 0 Å². The Bertz CT molecular complexity index is 549. The maximum absolute atomic E-state index is 12.1. The smallest absolute Gasteiger partial charge is 0.271 e. The van der Waals surface area contributed by atoms with Crippen LogP contribution in [0.2, 0.25) is 0 Å². The lowest BCUT2D eigenvalue weighted by Gasteiger charge is -2.31.